The third-order valence-corrected chi connectivity index (χ3v) is 5.13. The molecule has 0 aliphatic rings. The van der Waals surface area contributed by atoms with E-state index >= 15 is 0 Å². The Morgan fingerprint density at radius 2 is 1.77 bits per heavy atom. The van der Waals surface area contributed by atoms with Crippen LogP contribution in [0.2, 0.25) is 5.02 Å². The maximum absolute atomic E-state index is 13.0. The summed E-state index contributed by atoms with van der Waals surface area (Å²) in [6.07, 6.45) is -3.86. The zero-order valence-electron chi connectivity index (χ0n) is 13.5. The summed E-state index contributed by atoms with van der Waals surface area (Å²) in [5, 5.41) is 8.79. The first-order valence-corrected chi connectivity index (χ1v) is 9.58. The largest absolute Gasteiger partial charge is 0.481 e. The fraction of sp³-hybridized carbons (Fsp3) is 0.235. The fourth-order valence-corrected chi connectivity index (χ4v) is 3.40. The highest BCUT2D eigenvalue weighted by Gasteiger charge is 2.31. The Labute approximate surface area is 153 Å². The molecule has 0 atom stereocenters. The molecule has 0 bridgehead atoms. The molecule has 2 aromatic rings. The van der Waals surface area contributed by atoms with Crippen LogP contribution in [0.1, 0.15) is 17.5 Å². The number of aryl methyl sites for hydroxylation is 1. The van der Waals surface area contributed by atoms with Crippen LogP contribution >= 0.6 is 11.6 Å². The molecule has 0 fully saturated rings. The van der Waals surface area contributed by atoms with E-state index in [0.717, 1.165) is 24.5 Å². The van der Waals surface area contributed by atoms with Crippen molar-refractivity contribution in [3.05, 3.63) is 52.5 Å². The van der Waals surface area contributed by atoms with Gasteiger partial charge in [0.25, 0.3) is 0 Å². The van der Waals surface area contributed by atoms with Crippen LogP contribution < -0.4 is 0 Å². The van der Waals surface area contributed by atoms with Crippen LogP contribution in [-0.4, -0.2) is 25.7 Å². The third-order valence-electron chi connectivity index (χ3n) is 3.70. The van der Waals surface area contributed by atoms with Gasteiger partial charge in [-0.1, -0.05) is 23.7 Å². The molecule has 2 aromatic carbocycles. The molecule has 0 aliphatic heterocycles. The van der Waals surface area contributed by atoms with Gasteiger partial charge in [-0.05, 0) is 41.8 Å². The van der Waals surface area contributed by atoms with Crippen LogP contribution in [0.4, 0.5) is 13.2 Å². The van der Waals surface area contributed by atoms with Gasteiger partial charge < -0.3 is 5.11 Å². The van der Waals surface area contributed by atoms with E-state index in [0.29, 0.717) is 5.56 Å². The van der Waals surface area contributed by atoms with E-state index in [1.54, 1.807) is 0 Å². The van der Waals surface area contributed by atoms with Crippen LogP contribution in [-0.2, 0) is 27.2 Å². The van der Waals surface area contributed by atoms with Gasteiger partial charge in [0.1, 0.15) is 0 Å². The van der Waals surface area contributed by atoms with Crippen molar-refractivity contribution in [2.75, 3.05) is 6.26 Å². The number of carboxylic acid groups (broad SMARTS) is 1. The van der Waals surface area contributed by atoms with Crippen LogP contribution in [0.3, 0.4) is 0 Å². The van der Waals surface area contributed by atoms with Gasteiger partial charge in [-0.15, -0.1) is 0 Å². The average molecular weight is 407 g/mol. The standard InChI is InChI=1S/C17H14ClF3O4S/c1-26(24,25)12-5-6-13(15(18)9-12)14-8-11(17(19,20)21)4-2-10(14)3-7-16(22)23/h2,4-6,8-9H,3,7H2,1H3,(H,22,23). The smallest absolute Gasteiger partial charge is 0.416 e. The van der Waals surface area contributed by atoms with E-state index in [1.165, 1.54) is 18.2 Å². The molecule has 26 heavy (non-hydrogen) atoms. The number of carbonyl (C=O) groups is 1. The maximum atomic E-state index is 13.0. The predicted octanol–water partition coefficient (Wildman–Crippen LogP) is 4.45. The number of hydrogen-bond acceptors (Lipinski definition) is 3. The van der Waals surface area contributed by atoms with E-state index in [9.17, 15) is 26.4 Å². The predicted molar refractivity (Wildman–Crippen MR) is 91.0 cm³/mol. The minimum atomic E-state index is -4.58. The highest BCUT2D eigenvalue weighted by Crippen LogP contribution is 2.37. The van der Waals surface area contributed by atoms with Crippen molar-refractivity contribution in [1.29, 1.82) is 0 Å². The molecule has 1 N–H and O–H groups in total. The van der Waals surface area contributed by atoms with Gasteiger partial charge in [0.2, 0.25) is 0 Å². The lowest BCUT2D eigenvalue weighted by molar-refractivity contribution is -0.138. The molecule has 0 saturated carbocycles. The lowest BCUT2D eigenvalue weighted by Gasteiger charge is -2.15. The molecule has 0 aromatic heterocycles. The Balaban J connectivity index is 2.63. The number of carboxylic acids is 1. The molecule has 0 saturated heterocycles. The normalized spacial score (nSPS) is 12.2. The van der Waals surface area contributed by atoms with Crippen LogP contribution in [0.5, 0.6) is 0 Å². The van der Waals surface area contributed by atoms with Crippen molar-refractivity contribution in [2.24, 2.45) is 0 Å². The molecule has 0 aliphatic carbocycles. The quantitative estimate of drug-likeness (QED) is 0.796. The Morgan fingerprint density at radius 3 is 2.27 bits per heavy atom. The maximum Gasteiger partial charge on any atom is 0.416 e. The summed E-state index contributed by atoms with van der Waals surface area (Å²) in [6, 6.07) is 6.70. The van der Waals surface area contributed by atoms with Gasteiger partial charge in [-0.2, -0.15) is 13.2 Å². The minimum absolute atomic E-state index is 0.00691. The van der Waals surface area contributed by atoms with Crippen LogP contribution in [0, 0.1) is 0 Å². The van der Waals surface area contributed by atoms with Gasteiger partial charge in [-0.3, -0.25) is 4.79 Å². The zero-order valence-corrected chi connectivity index (χ0v) is 15.0. The monoisotopic (exact) mass is 406 g/mol. The highest BCUT2D eigenvalue weighted by molar-refractivity contribution is 7.90. The Kier molecular flexibility index (Phi) is 5.67. The first-order chi connectivity index (χ1) is 11.9. The van der Waals surface area contributed by atoms with Gasteiger partial charge >= 0.3 is 12.1 Å². The fourth-order valence-electron chi connectivity index (χ4n) is 2.41. The van der Waals surface area contributed by atoms with Gasteiger partial charge in [-0.25, -0.2) is 8.42 Å². The summed E-state index contributed by atoms with van der Waals surface area (Å²) in [5.41, 5.74) is -0.221. The zero-order chi connectivity index (χ0) is 19.7. The second-order valence-electron chi connectivity index (χ2n) is 5.68. The number of aliphatic carboxylic acids is 1. The first-order valence-electron chi connectivity index (χ1n) is 7.31. The second-order valence-corrected chi connectivity index (χ2v) is 8.10. The number of hydrogen-bond donors (Lipinski definition) is 1. The third kappa shape index (κ3) is 4.76. The molecule has 0 spiro atoms. The molecular formula is C17H14ClF3O4S. The molecule has 0 radical (unpaired) electrons. The summed E-state index contributed by atoms with van der Waals surface area (Å²) >= 11 is 6.11. The summed E-state index contributed by atoms with van der Waals surface area (Å²) in [7, 11) is -3.53. The molecule has 0 heterocycles. The average Bonchev–Trinajstić information content (AvgIpc) is 2.51. The lowest BCUT2D eigenvalue weighted by Crippen LogP contribution is -2.07. The number of sulfone groups is 1. The Bertz CT molecular complexity index is 953. The molecule has 0 amide bonds. The summed E-state index contributed by atoms with van der Waals surface area (Å²) in [6.45, 7) is 0. The van der Waals surface area contributed by atoms with Crippen molar-refractivity contribution in [2.45, 2.75) is 23.9 Å². The summed E-state index contributed by atoms with van der Waals surface area (Å²) in [5.74, 6) is -1.09. The molecule has 2 rings (SSSR count). The van der Waals surface area contributed by atoms with Crippen molar-refractivity contribution in [3.8, 4) is 11.1 Å². The van der Waals surface area contributed by atoms with Crippen molar-refractivity contribution in [3.63, 3.8) is 0 Å². The number of benzene rings is 2. The number of halogens is 4. The molecule has 4 nitrogen and oxygen atoms in total. The van der Waals surface area contributed by atoms with Crippen LogP contribution in [0.15, 0.2) is 41.3 Å². The van der Waals surface area contributed by atoms with Gasteiger partial charge in [0, 0.05) is 23.3 Å². The molecule has 9 heteroatoms. The van der Waals surface area contributed by atoms with Crippen LogP contribution in [0.25, 0.3) is 11.1 Å². The minimum Gasteiger partial charge on any atom is -0.481 e. The van der Waals surface area contributed by atoms with Crippen molar-refractivity contribution < 1.29 is 31.5 Å². The number of alkyl halides is 3. The first kappa shape index (κ1) is 20.3. The Hall–Kier alpha value is -2.06. The molecule has 140 valence electrons. The van der Waals surface area contributed by atoms with E-state index in [1.807, 2.05) is 0 Å². The second kappa shape index (κ2) is 7.28. The van der Waals surface area contributed by atoms with Gasteiger partial charge in [0.15, 0.2) is 9.84 Å². The summed E-state index contributed by atoms with van der Waals surface area (Å²) < 4.78 is 62.3. The Morgan fingerprint density at radius 1 is 1.12 bits per heavy atom. The lowest BCUT2D eigenvalue weighted by atomic mass is 9.94. The molecular weight excluding hydrogens is 393 g/mol. The van der Waals surface area contributed by atoms with Crippen molar-refractivity contribution >= 4 is 27.4 Å². The number of rotatable bonds is 5. The van der Waals surface area contributed by atoms with E-state index in [4.69, 9.17) is 16.7 Å². The summed E-state index contributed by atoms with van der Waals surface area (Å²) in [4.78, 5) is 10.7. The van der Waals surface area contributed by atoms with Crippen molar-refractivity contribution in [1.82, 2.24) is 0 Å². The molecule has 0 unspecified atom stereocenters. The van der Waals surface area contributed by atoms with Gasteiger partial charge in [0.05, 0.1) is 10.5 Å². The SMILES string of the molecule is CS(=O)(=O)c1ccc(-c2cc(C(F)(F)F)ccc2CCC(=O)O)c(Cl)c1. The highest BCUT2D eigenvalue weighted by atomic mass is 35.5. The van der Waals surface area contributed by atoms with E-state index in [2.05, 4.69) is 0 Å². The van der Waals surface area contributed by atoms with E-state index in [-0.39, 0.29) is 33.9 Å². The topological polar surface area (TPSA) is 71.4 Å². The van der Waals surface area contributed by atoms with E-state index < -0.39 is 27.5 Å².